The lowest BCUT2D eigenvalue weighted by molar-refractivity contribution is 0.415. The Morgan fingerprint density at radius 3 is 2.25 bits per heavy atom. The Hall–Kier alpha value is -0.840. The van der Waals surface area contributed by atoms with Gasteiger partial charge in [-0.3, -0.25) is 0 Å². The molecule has 0 radical (unpaired) electrons. The van der Waals surface area contributed by atoms with Crippen molar-refractivity contribution in [3.05, 3.63) is 38.5 Å². The van der Waals surface area contributed by atoms with Crippen molar-refractivity contribution in [2.75, 3.05) is 7.11 Å². The normalized spacial score (nSPS) is 10.9. The van der Waals surface area contributed by atoms with Crippen molar-refractivity contribution in [1.82, 2.24) is 9.97 Å². The number of halogens is 3. The van der Waals surface area contributed by atoms with Gasteiger partial charge in [0.15, 0.2) is 5.82 Å². The average Bonchev–Trinajstić information content (AvgIpc) is 2.37. The molecule has 0 aliphatic rings. The molecule has 3 nitrogen and oxygen atoms in total. The summed E-state index contributed by atoms with van der Waals surface area (Å²) in [5, 5.41) is 0.759. The zero-order valence-corrected chi connectivity index (χ0v) is 14.3. The third-order valence-electron chi connectivity index (χ3n) is 2.84. The van der Waals surface area contributed by atoms with Gasteiger partial charge in [0.25, 0.3) is 0 Å². The number of ether oxygens (including phenoxy) is 1. The lowest BCUT2D eigenvalue weighted by atomic mass is 10.1. The SMILES string of the molecule is COc1ccc(Br)c(-c2nc(Cl)c(C(C)C)c(Cl)n2)c1. The van der Waals surface area contributed by atoms with Crippen molar-refractivity contribution in [3.8, 4) is 17.1 Å². The molecule has 106 valence electrons. The number of aromatic nitrogens is 2. The van der Waals surface area contributed by atoms with Gasteiger partial charge in [0, 0.05) is 15.6 Å². The van der Waals surface area contributed by atoms with Crippen molar-refractivity contribution in [3.63, 3.8) is 0 Å². The van der Waals surface area contributed by atoms with Crippen molar-refractivity contribution < 1.29 is 4.74 Å². The highest BCUT2D eigenvalue weighted by Crippen LogP contribution is 2.34. The van der Waals surface area contributed by atoms with Gasteiger partial charge in [-0.2, -0.15) is 0 Å². The molecule has 0 bridgehead atoms. The second kappa shape index (κ2) is 6.29. The molecule has 0 fully saturated rings. The molecule has 0 N–H and O–H groups in total. The molecule has 1 aromatic heterocycles. The van der Waals surface area contributed by atoms with Gasteiger partial charge in [0.1, 0.15) is 16.1 Å². The molecule has 0 saturated heterocycles. The van der Waals surface area contributed by atoms with Crippen LogP contribution in [0.5, 0.6) is 5.75 Å². The fourth-order valence-corrected chi connectivity index (χ4v) is 3.06. The summed E-state index contributed by atoms with van der Waals surface area (Å²) in [6.45, 7) is 4.00. The maximum atomic E-state index is 6.22. The van der Waals surface area contributed by atoms with Crippen LogP contribution in [0.2, 0.25) is 10.3 Å². The molecule has 0 saturated carbocycles. The number of methoxy groups -OCH3 is 1. The van der Waals surface area contributed by atoms with Gasteiger partial charge in [0.2, 0.25) is 0 Å². The molecule has 0 aliphatic heterocycles. The second-order valence-electron chi connectivity index (χ2n) is 4.54. The van der Waals surface area contributed by atoms with Crippen LogP contribution in [-0.4, -0.2) is 17.1 Å². The number of hydrogen-bond acceptors (Lipinski definition) is 3. The van der Waals surface area contributed by atoms with Gasteiger partial charge < -0.3 is 4.74 Å². The van der Waals surface area contributed by atoms with Crippen LogP contribution >= 0.6 is 39.1 Å². The Balaban J connectivity index is 2.59. The van der Waals surface area contributed by atoms with E-state index in [1.54, 1.807) is 7.11 Å². The Morgan fingerprint density at radius 1 is 1.15 bits per heavy atom. The minimum absolute atomic E-state index is 0.165. The minimum atomic E-state index is 0.165. The number of nitrogens with zero attached hydrogens (tertiary/aromatic N) is 2. The van der Waals surface area contributed by atoms with Gasteiger partial charge >= 0.3 is 0 Å². The summed E-state index contributed by atoms with van der Waals surface area (Å²) < 4.78 is 6.06. The third kappa shape index (κ3) is 3.08. The number of hydrogen-bond donors (Lipinski definition) is 0. The molecular weight excluding hydrogens is 363 g/mol. The lowest BCUT2D eigenvalue weighted by Gasteiger charge is -2.12. The van der Waals surface area contributed by atoms with Gasteiger partial charge in [-0.05, 0) is 24.1 Å². The summed E-state index contributed by atoms with van der Waals surface area (Å²) in [5.41, 5.74) is 1.54. The van der Waals surface area contributed by atoms with E-state index >= 15 is 0 Å². The van der Waals surface area contributed by atoms with E-state index < -0.39 is 0 Å². The van der Waals surface area contributed by atoms with E-state index in [0.717, 1.165) is 15.6 Å². The topological polar surface area (TPSA) is 35.0 Å². The maximum Gasteiger partial charge on any atom is 0.163 e. The molecule has 0 aliphatic carbocycles. The van der Waals surface area contributed by atoms with Crippen molar-refractivity contribution >= 4 is 39.1 Å². The first-order chi connectivity index (χ1) is 9.43. The molecule has 6 heteroatoms. The fraction of sp³-hybridized carbons (Fsp3) is 0.286. The molecule has 1 aromatic carbocycles. The van der Waals surface area contributed by atoms with Crippen LogP contribution in [0.4, 0.5) is 0 Å². The van der Waals surface area contributed by atoms with E-state index in [4.69, 9.17) is 27.9 Å². The first-order valence-corrected chi connectivity index (χ1v) is 7.55. The smallest absolute Gasteiger partial charge is 0.163 e. The molecular formula is C14H13BrCl2N2O. The van der Waals surface area contributed by atoms with Crippen LogP contribution in [0.15, 0.2) is 22.7 Å². The maximum absolute atomic E-state index is 6.22. The highest BCUT2D eigenvalue weighted by atomic mass is 79.9. The lowest BCUT2D eigenvalue weighted by Crippen LogP contribution is -2.00. The average molecular weight is 376 g/mol. The molecule has 1 heterocycles. The van der Waals surface area contributed by atoms with Crippen LogP contribution in [-0.2, 0) is 0 Å². The van der Waals surface area contributed by atoms with E-state index in [1.165, 1.54) is 0 Å². The van der Waals surface area contributed by atoms with Crippen molar-refractivity contribution in [2.24, 2.45) is 0 Å². The predicted molar refractivity (Wildman–Crippen MR) is 85.8 cm³/mol. The first kappa shape index (κ1) is 15.5. The van der Waals surface area contributed by atoms with E-state index in [9.17, 15) is 0 Å². The van der Waals surface area contributed by atoms with Crippen molar-refractivity contribution in [2.45, 2.75) is 19.8 Å². The highest BCUT2D eigenvalue weighted by Gasteiger charge is 2.17. The molecule has 0 atom stereocenters. The summed E-state index contributed by atoms with van der Waals surface area (Å²) in [6, 6.07) is 5.55. The fourth-order valence-electron chi connectivity index (χ4n) is 1.82. The monoisotopic (exact) mass is 374 g/mol. The van der Waals surface area contributed by atoms with Gasteiger partial charge in [-0.15, -0.1) is 0 Å². The van der Waals surface area contributed by atoms with Crippen LogP contribution in [0.25, 0.3) is 11.4 Å². The molecule has 0 amide bonds. The highest BCUT2D eigenvalue weighted by molar-refractivity contribution is 9.10. The van der Waals surface area contributed by atoms with E-state index in [1.807, 2.05) is 32.0 Å². The molecule has 0 spiro atoms. The van der Waals surface area contributed by atoms with Gasteiger partial charge in [0.05, 0.1) is 7.11 Å². The Labute approximate surface area is 136 Å². The second-order valence-corrected chi connectivity index (χ2v) is 6.11. The van der Waals surface area contributed by atoms with E-state index in [0.29, 0.717) is 21.9 Å². The summed E-state index contributed by atoms with van der Waals surface area (Å²) in [5.74, 6) is 1.35. The van der Waals surface area contributed by atoms with Crippen LogP contribution in [0.1, 0.15) is 25.3 Å². The molecule has 2 rings (SSSR count). The zero-order chi connectivity index (χ0) is 14.9. The first-order valence-electron chi connectivity index (χ1n) is 6.01. The number of benzene rings is 1. The quantitative estimate of drug-likeness (QED) is 0.678. The van der Waals surface area contributed by atoms with Gasteiger partial charge in [-0.1, -0.05) is 53.0 Å². The summed E-state index contributed by atoms with van der Waals surface area (Å²) in [4.78, 5) is 8.69. The van der Waals surface area contributed by atoms with Crippen LogP contribution in [0, 0.1) is 0 Å². The summed E-state index contributed by atoms with van der Waals surface area (Å²) in [6.07, 6.45) is 0. The molecule has 0 unspecified atom stereocenters. The van der Waals surface area contributed by atoms with E-state index in [2.05, 4.69) is 25.9 Å². The molecule has 2 aromatic rings. The minimum Gasteiger partial charge on any atom is -0.497 e. The predicted octanol–water partition coefficient (Wildman–Crippen LogP) is 5.34. The Morgan fingerprint density at radius 2 is 1.75 bits per heavy atom. The summed E-state index contributed by atoms with van der Waals surface area (Å²) >= 11 is 15.9. The molecule has 20 heavy (non-hydrogen) atoms. The summed E-state index contributed by atoms with van der Waals surface area (Å²) in [7, 11) is 1.61. The Kier molecular flexibility index (Phi) is 4.89. The number of rotatable bonds is 3. The standard InChI is InChI=1S/C14H13BrCl2N2O/c1-7(2)11-12(16)18-14(19-13(11)17)9-6-8(20-3)4-5-10(9)15/h4-7H,1-3H3. The van der Waals surface area contributed by atoms with Crippen molar-refractivity contribution in [1.29, 1.82) is 0 Å². The van der Waals surface area contributed by atoms with E-state index in [-0.39, 0.29) is 5.92 Å². The van der Waals surface area contributed by atoms with Crippen LogP contribution in [0.3, 0.4) is 0 Å². The Bertz CT molecular complexity index is 624. The van der Waals surface area contributed by atoms with Gasteiger partial charge in [-0.25, -0.2) is 9.97 Å². The third-order valence-corrected chi connectivity index (χ3v) is 4.11. The largest absolute Gasteiger partial charge is 0.497 e. The zero-order valence-electron chi connectivity index (χ0n) is 11.2. The van der Waals surface area contributed by atoms with Crippen LogP contribution < -0.4 is 4.74 Å².